The Morgan fingerprint density at radius 3 is 2.18 bits per heavy atom. The van der Waals surface area contributed by atoms with Crippen molar-refractivity contribution in [2.24, 2.45) is 0 Å². The smallest absolute Gasteiger partial charge is 0.312 e. The quantitative estimate of drug-likeness (QED) is 0.347. The fourth-order valence-electron chi connectivity index (χ4n) is 2.12. The lowest BCUT2D eigenvalue weighted by Crippen LogP contribution is -2.07. The number of esters is 1. The number of hydrogen-bond acceptors (Lipinski definition) is 3. The number of thiol groups is 1. The third kappa shape index (κ3) is 4.78. The summed E-state index contributed by atoms with van der Waals surface area (Å²) in [7, 11) is 0. The van der Waals surface area contributed by atoms with Crippen LogP contribution in [0.2, 0.25) is 0 Å². The Morgan fingerprint density at radius 1 is 1.05 bits per heavy atom. The molecule has 0 saturated heterocycles. The van der Waals surface area contributed by atoms with Crippen LogP contribution in [0.4, 0.5) is 0 Å². The van der Waals surface area contributed by atoms with Gasteiger partial charge in [-0.3, -0.25) is 4.79 Å². The van der Waals surface area contributed by atoms with Gasteiger partial charge in [0.05, 0.1) is 6.42 Å². The van der Waals surface area contributed by atoms with Gasteiger partial charge in [-0.25, -0.2) is 0 Å². The van der Waals surface area contributed by atoms with Gasteiger partial charge in [0.25, 0.3) is 0 Å². The zero-order chi connectivity index (χ0) is 15.8. The van der Waals surface area contributed by atoms with Crippen LogP contribution in [0, 0.1) is 0 Å². The molecule has 2 aromatic rings. The molecule has 22 heavy (non-hydrogen) atoms. The molecule has 0 N–H and O–H groups in total. The SMILES string of the molecule is C=CCCc1ccc(-c2ccc(OC(=O)CCS)cc2)cc1. The van der Waals surface area contributed by atoms with Gasteiger partial charge in [-0.15, -0.1) is 6.58 Å². The van der Waals surface area contributed by atoms with Crippen molar-refractivity contribution in [3.63, 3.8) is 0 Å². The molecule has 2 nitrogen and oxygen atoms in total. The highest BCUT2D eigenvalue weighted by Crippen LogP contribution is 2.23. The summed E-state index contributed by atoms with van der Waals surface area (Å²) in [6.07, 6.45) is 4.26. The second-order valence-electron chi connectivity index (χ2n) is 5.00. The molecule has 2 aromatic carbocycles. The molecule has 0 aliphatic rings. The minimum atomic E-state index is -0.255. The van der Waals surface area contributed by atoms with Gasteiger partial charge < -0.3 is 4.74 Å². The molecule has 0 aromatic heterocycles. The predicted molar refractivity (Wildman–Crippen MR) is 94.5 cm³/mol. The van der Waals surface area contributed by atoms with E-state index < -0.39 is 0 Å². The van der Waals surface area contributed by atoms with Gasteiger partial charge in [0.2, 0.25) is 0 Å². The first kappa shape index (κ1) is 16.4. The molecular weight excluding hydrogens is 292 g/mol. The van der Waals surface area contributed by atoms with E-state index in [1.54, 1.807) is 0 Å². The molecule has 114 valence electrons. The van der Waals surface area contributed by atoms with E-state index in [9.17, 15) is 4.79 Å². The van der Waals surface area contributed by atoms with E-state index >= 15 is 0 Å². The molecule has 0 atom stereocenters. The zero-order valence-electron chi connectivity index (χ0n) is 12.5. The maximum Gasteiger partial charge on any atom is 0.312 e. The van der Waals surface area contributed by atoms with Gasteiger partial charge in [-0.2, -0.15) is 12.6 Å². The Morgan fingerprint density at radius 2 is 1.64 bits per heavy atom. The zero-order valence-corrected chi connectivity index (χ0v) is 13.4. The van der Waals surface area contributed by atoms with E-state index in [1.165, 1.54) is 5.56 Å². The number of carbonyl (C=O) groups excluding carboxylic acids is 1. The molecule has 0 fully saturated rings. The van der Waals surface area contributed by atoms with E-state index in [4.69, 9.17) is 4.74 Å². The summed E-state index contributed by atoms with van der Waals surface area (Å²) in [5.74, 6) is 0.808. The molecule has 0 amide bonds. The minimum Gasteiger partial charge on any atom is -0.427 e. The van der Waals surface area contributed by atoms with Crippen LogP contribution in [0.3, 0.4) is 0 Å². The fraction of sp³-hybridized carbons (Fsp3) is 0.211. The number of carbonyl (C=O) groups is 1. The van der Waals surface area contributed by atoms with Gasteiger partial charge >= 0.3 is 5.97 Å². The maximum absolute atomic E-state index is 11.4. The van der Waals surface area contributed by atoms with Crippen molar-refractivity contribution in [2.45, 2.75) is 19.3 Å². The molecular formula is C19H20O2S. The third-order valence-electron chi connectivity index (χ3n) is 3.33. The second-order valence-corrected chi connectivity index (χ2v) is 5.44. The monoisotopic (exact) mass is 312 g/mol. The number of rotatable bonds is 7. The first-order chi connectivity index (χ1) is 10.7. The highest BCUT2D eigenvalue weighted by Gasteiger charge is 2.04. The molecule has 0 bridgehead atoms. The maximum atomic E-state index is 11.4. The molecule has 0 unspecified atom stereocenters. The molecule has 3 heteroatoms. The third-order valence-corrected chi connectivity index (χ3v) is 3.55. The standard InChI is InChI=1S/C19H20O2S/c1-2-3-4-15-5-7-16(8-6-15)17-9-11-18(12-10-17)21-19(20)13-14-22/h2,5-12,22H,1,3-4,13-14H2. The van der Waals surface area contributed by atoms with Crippen molar-refractivity contribution in [1.29, 1.82) is 0 Å². The van der Waals surface area contributed by atoms with Gasteiger partial charge in [0.15, 0.2) is 0 Å². The van der Waals surface area contributed by atoms with Crippen LogP contribution >= 0.6 is 12.6 Å². The molecule has 0 aliphatic carbocycles. The van der Waals surface area contributed by atoms with Crippen LogP contribution in [-0.4, -0.2) is 11.7 Å². The summed E-state index contributed by atoms with van der Waals surface area (Å²) < 4.78 is 5.21. The van der Waals surface area contributed by atoms with Crippen LogP contribution in [0.5, 0.6) is 5.75 Å². The van der Waals surface area contributed by atoms with Crippen molar-refractivity contribution in [1.82, 2.24) is 0 Å². The summed E-state index contributed by atoms with van der Waals surface area (Å²) in [6, 6.07) is 16.1. The molecule has 0 radical (unpaired) electrons. The Hall–Kier alpha value is -2.00. The second kappa shape index (κ2) is 8.44. The van der Waals surface area contributed by atoms with Crippen molar-refractivity contribution in [2.75, 3.05) is 5.75 Å². The van der Waals surface area contributed by atoms with Gasteiger partial charge in [0.1, 0.15) is 5.75 Å². The van der Waals surface area contributed by atoms with Crippen molar-refractivity contribution in [3.05, 3.63) is 66.7 Å². The van der Waals surface area contributed by atoms with E-state index in [0.717, 1.165) is 24.0 Å². The number of benzene rings is 2. The van der Waals surface area contributed by atoms with Crippen LogP contribution in [-0.2, 0) is 11.2 Å². The first-order valence-electron chi connectivity index (χ1n) is 7.34. The lowest BCUT2D eigenvalue weighted by Gasteiger charge is -2.06. The Bertz CT molecular complexity index is 615. The normalized spacial score (nSPS) is 10.2. The highest BCUT2D eigenvalue weighted by molar-refractivity contribution is 7.80. The lowest BCUT2D eigenvalue weighted by molar-refractivity contribution is -0.133. The number of aryl methyl sites for hydroxylation is 1. The molecule has 0 spiro atoms. The summed E-state index contributed by atoms with van der Waals surface area (Å²) >= 11 is 4.01. The lowest BCUT2D eigenvalue weighted by atomic mass is 10.0. The average Bonchev–Trinajstić information content (AvgIpc) is 2.54. The van der Waals surface area contributed by atoms with Crippen LogP contribution in [0.25, 0.3) is 11.1 Å². The van der Waals surface area contributed by atoms with E-state index in [1.807, 2.05) is 30.3 Å². The summed E-state index contributed by atoms with van der Waals surface area (Å²) in [4.78, 5) is 11.4. The van der Waals surface area contributed by atoms with Crippen LogP contribution in [0.15, 0.2) is 61.2 Å². The van der Waals surface area contributed by atoms with Crippen molar-refractivity contribution >= 4 is 18.6 Å². The van der Waals surface area contributed by atoms with Crippen LogP contribution < -0.4 is 4.74 Å². The Labute approximate surface area is 137 Å². The molecule has 0 aliphatic heterocycles. The predicted octanol–water partition coefficient (Wildman–Crippen LogP) is 4.70. The van der Waals surface area contributed by atoms with Gasteiger partial charge in [-0.1, -0.05) is 42.5 Å². The Kier molecular flexibility index (Phi) is 6.28. The molecule has 0 saturated carbocycles. The number of allylic oxidation sites excluding steroid dienone is 1. The van der Waals surface area contributed by atoms with E-state index in [-0.39, 0.29) is 5.97 Å². The van der Waals surface area contributed by atoms with Crippen LogP contribution in [0.1, 0.15) is 18.4 Å². The molecule has 2 rings (SSSR count). The van der Waals surface area contributed by atoms with E-state index in [2.05, 4.69) is 43.5 Å². The minimum absolute atomic E-state index is 0.255. The average molecular weight is 312 g/mol. The Balaban J connectivity index is 2.03. The fourth-order valence-corrected chi connectivity index (χ4v) is 2.30. The molecule has 0 heterocycles. The highest BCUT2D eigenvalue weighted by atomic mass is 32.1. The van der Waals surface area contributed by atoms with Crippen molar-refractivity contribution < 1.29 is 9.53 Å². The van der Waals surface area contributed by atoms with Gasteiger partial charge in [0, 0.05) is 5.75 Å². The van der Waals surface area contributed by atoms with Gasteiger partial charge in [-0.05, 0) is 41.7 Å². The topological polar surface area (TPSA) is 26.3 Å². The van der Waals surface area contributed by atoms with Crippen molar-refractivity contribution in [3.8, 4) is 16.9 Å². The van der Waals surface area contributed by atoms with E-state index in [0.29, 0.717) is 17.9 Å². The first-order valence-corrected chi connectivity index (χ1v) is 7.98. The summed E-state index contributed by atoms with van der Waals surface area (Å²) in [5, 5.41) is 0. The largest absolute Gasteiger partial charge is 0.427 e. The summed E-state index contributed by atoms with van der Waals surface area (Å²) in [5.41, 5.74) is 3.56. The number of hydrogen-bond donors (Lipinski definition) is 1. The summed E-state index contributed by atoms with van der Waals surface area (Å²) in [6.45, 7) is 3.74. The number of ether oxygens (including phenoxy) is 1.